The fourth-order valence-electron chi connectivity index (χ4n) is 2.57. The second-order valence-electron chi connectivity index (χ2n) is 5.51. The van der Waals surface area contributed by atoms with E-state index in [9.17, 15) is 10.1 Å². The molecule has 0 heterocycles. The van der Waals surface area contributed by atoms with Crippen molar-refractivity contribution >= 4 is 17.1 Å². The van der Waals surface area contributed by atoms with E-state index >= 15 is 0 Å². The van der Waals surface area contributed by atoms with Crippen LogP contribution in [-0.2, 0) is 0 Å². The van der Waals surface area contributed by atoms with Gasteiger partial charge in [-0.1, -0.05) is 6.07 Å². The largest absolute Gasteiger partial charge is 0.382 e. The first-order valence-electron chi connectivity index (χ1n) is 6.92. The zero-order chi connectivity index (χ0) is 13.4. The summed E-state index contributed by atoms with van der Waals surface area (Å²) in [5.74, 6) is 0.735. The molecule has 0 atom stereocenters. The van der Waals surface area contributed by atoms with Crippen molar-refractivity contribution in [1.29, 1.82) is 0 Å². The normalized spacial score (nSPS) is 18.2. The maximum Gasteiger partial charge on any atom is 0.315 e. The Morgan fingerprint density at radius 1 is 1.37 bits per heavy atom. The van der Waals surface area contributed by atoms with Gasteiger partial charge in [0.1, 0.15) is 11.4 Å². The number of nitro groups is 1. The molecule has 1 aromatic rings. The third kappa shape index (κ3) is 2.50. The lowest BCUT2D eigenvalue weighted by molar-refractivity contribution is -0.383. The molecule has 0 amide bonds. The molecule has 0 aromatic heterocycles. The fraction of sp³-hybridized carbons (Fsp3) is 0.571. The maximum atomic E-state index is 11.4. The predicted octanol–water partition coefficient (Wildman–Crippen LogP) is 3.02. The second kappa shape index (κ2) is 4.72. The van der Waals surface area contributed by atoms with Gasteiger partial charge in [0, 0.05) is 19.6 Å². The Bertz CT molecular complexity index is 495. The first kappa shape index (κ1) is 12.3. The number of hydrogen-bond acceptors (Lipinski definition) is 4. The average molecular weight is 261 g/mol. The summed E-state index contributed by atoms with van der Waals surface area (Å²) < 4.78 is 0. The van der Waals surface area contributed by atoms with E-state index in [1.165, 1.54) is 12.8 Å². The number of rotatable bonds is 6. The van der Waals surface area contributed by atoms with Crippen molar-refractivity contribution in [1.82, 2.24) is 0 Å². The van der Waals surface area contributed by atoms with Crippen LogP contribution in [0.5, 0.6) is 0 Å². The zero-order valence-corrected chi connectivity index (χ0v) is 11.1. The highest BCUT2D eigenvalue weighted by atomic mass is 16.6. The molecule has 2 saturated carbocycles. The van der Waals surface area contributed by atoms with Crippen molar-refractivity contribution in [3.8, 4) is 0 Å². The lowest BCUT2D eigenvalue weighted by Crippen LogP contribution is -2.28. The molecular formula is C14H19N3O2. The maximum absolute atomic E-state index is 11.4. The van der Waals surface area contributed by atoms with Crippen molar-refractivity contribution in [2.75, 3.05) is 23.8 Å². The van der Waals surface area contributed by atoms with E-state index < -0.39 is 0 Å². The summed E-state index contributed by atoms with van der Waals surface area (Å²) in [5.41, 5.74) is 1.60. The summed E-state index contributed by atoms with van der Waals surface area (Å²) in [4.78, 5) is 13.4. The van der Waals surface area contributed by atoms with Crippen molar-refractivity contribution in [3.05, 3.63) is 28.3 Å². The van der Waals surface area contributed by atoms with Crippen LogP contribution < -0.4 is 10.2 Å². The highest BCUT2D eigenvalue weighted by Crippen LogP contribution is 2.43. The van der Waals surface area contributed by atoms with Crippen LogP contribution in [0.25, 0.3) is 0 Å². The van der Waals surface area contributed by atoms with Crippen LogP contribution in [0, 0.1) is 16.0 Å². The van der Waals surface area contributed by atoms with Gasteiger partial charge in [-0.25, -0.2) is 0 Å². The number of hydrogen-bond donors (Lipinski definition) is 1. The molecule has 5 heteroatoms. The van der Waals surface area contributed by atoms with Crippen molar-refractivity contribution < 1.29 is 4.92 Å². The molecule has 2 fully saturated rings. The Labute approximate surface area is 112 Å². The molecule has 0 bridgehead atoms. The second-order valence-corrected chi connectivity index (χ2v) is 5.51. The topological polar surface area (TPSA) is 58.4 Å². The molecule has 19 heavy (non-hydrogen) atoms. The van der Waals surface area contributed by atoms with Gasteiger partial charge >= 0.3 is 5.69 Å². The smallest absolute Gasteiger partial charge is 0.315 e. The molecule has 5 nitrogen and oxygen atoms in total. The van der Waals surface area contributed by atoms with E-state index in [4.69, 9.17) is 0 Å². The molecule has 2 aliphatic carbocycles. The molecule has 0 aliphatic heterocycles. The molecule has 0 saturated heterocycles. The Morgan fingerprint density at radius 3 is 2.63 bits per heavy atom. The van der Waals surface area contributed by atoms with E-state index in [-0.39, 0.29) is 10.6 Å². The van der Waals surface area contributed by atoms with E-state index in [1.807, 2.05) is 12.1 Å². The molecule has 0 radical (unpaired) electrons. The molecule has 102 valence electrons. The Kier molecular flexibility index (Phi) is 3.05. The number of nitrogens with zero attached hydrogens (tertiary/aromatic N) is 2. The van der Waals surface area contributed by atoms with Crippen molar-refractivity contribution in [2.24, 2.45) is 5.92 Å². The van der Waals surface area contributed by atoms with Gasteiger partial charge < -0.3 is 10.2 Å². The van der Waals surface area contributed by atoms with Crippen LogP contribution in [0.2, 0.25) is 0 Å². The lowest BCUT2D eigenvalue weighted by atomic mass is 10.2. The number of para-hydroxylation sites is 1. The summed E-state index contributed by atoms with van der Waals surface area (Å²) in [6.07, 6.45) is 4.85. The quantitative estimate of drug-likeness (QED) is 0.631. The third-order valence-corrected chi connectivity index (χ3v) is 3.92. The lowest BCUT2D eigenvalue weighted by Gasteiger charge is -2.25. The summed E-state index contributed by atoms with van der Waals surface area (Å²) in [5, 5.41) is 14.3. The van der Waals surface area contributed by atoms with Gasteiger partial charge in [-0.05, 0) is 43.7 Å². The van der Waals surface area contributed by atoms with Gasteiger partial charge in [-0.3, -0.25) is 10.1 Å². The summed E-state index contributed by atoms with van der Waals surface area (Å²) in [6, 6.07) is 6.06. The van der Waals surface area contributed by atoms with E-state index in [1.54, 1.807) is 13.1 Å². The predicted molar refractivity (Wildman–Crippen MR) is 75.7 cm³/mol. The Balaban J connectivity index is 1.98. The zero-order valence-electron chi connectivity index (χ0n) is 11.1. The van der Waals surface area contributed by atoms with Crippen LogP contribution in [0.15, 0.2) is 18.2 Å². The van der Waals surface area contributed by atoms with Gasteiger partial charge in [0.05, 0.1) is 4.92 Å². The molecule has 1 aromatic carbocycles. The van der Waals surface area contributed by atoms with Crippen LogP contribution in [0.3, 0.4) is 0 Å². The van der Waals surface area contributed by atoms with Gasteiger partial charge in [-0.2, -0.15) is 0 Å². The number of nitro benzene ring substituents is 1. The first-order chi connectivity index (χ1) is 9.20. The van der Waals surface area contributed by atoms with Crippen molar-refractivity contribution in [2.45, 2.75) is 31.7 Å². The standard InChI is InChI=1S/C14H19N3O2/c1-15-12-3-2-4-13(14(12)17(18)19)16(11-7-8-11)9-10-5-6-10/h2-4,10-11,15H,5-9H2,1H3. The van der Waals surface area contributed by atoms with Crippen LogP contribution in [0.1, 0.15) is 25.7 Å². The fourth-order valence-corrected chi connectivity index (χ4v) is 2.57. The Morgan fingerprint density at radius 2 is 2.11 bits per heavy atom. The molecule has 1 N–H and O–H groups in total. The van der Waals surface area contributed by atoms with Crippen LogP contribution in [-0.4, -0.2) is 24.6 Å². The monoisotopic (exact) mass is 261 g/mol. The van der Waals surface area contributed by atoms with E-state index in [2.05, 4.69) is 10.2 Å². The highest BCUT2D eigenvalue weighted by molar-refractivity contribution is 5.77. The average Bonchev–Trinajstić information content (AvgIpc) is 3.27. The van der Waals surface area contributed by atoms with Gasteiger partial charge in [-0.15, -0.1) is 0 Å². The van der Waals surface area contributed by atoms with Crippen LogP contribution >= 0.6 is 0 Å². The highest BCUT2D eigenvalue weighted by Gasteiger charge is 2.37. The molecule has 0 spiro atoms. The van der Waals surface area contributed by atoms with Crippen LogP contribution in [0.4, 0.5) is 17.1 Å². The minimum Gasteiger partial charge on any atom is -0.382 e. The van der Waals surface area contributed by atoms with E-state index in [0.29, 0.717) is 11.7 Å². The van der Waals surface area contributed by atoms with Gasteiger partial charge in [0.25, 0.3) is 0 Å². The van der Waals surface area contributed by atoms with Gasteiger partial charge in [0.2, 0.25) is 0 Å². The van der Waals surface area contributed by atoms with E-state index in [0.717, 1.165) is 31.0 Å². The number of benzene rings is 1. The molecule has 3 rings (SSSR count). The molecule has 2 aliphatic rings. The molecule has 0 unspecified atom stereocenters. The summed E-state index contributed by atoms with van der Waals surface area (Å²) >= 11 is 0. The molecular weight excluding hydrogens is 242 g/mol. The number of nitrogens with one attached hydrogen (secondary N) is 1. The minimum absolute atomic E-state index is 0.220. The van der Waals surface area contributed by atoms with Gasteiger partial charge in [0.15, 0.2) is 0 Å². The third-order valence-electron chi connectivity index (χ3n) is 3.92. The SMILES string of the molecule is CNc1cccc(N(CC2CC2)C2CC2)c1[N+](=O)[O-]. The van der Waals surface area contributed by atoms with Crippen molar-refractivity contribution in [3.63, 3.8) is 0 Å². The summed E-state index contributed by atoms with van der Waals surface area (Å²) in [6.45, 7) is 0.971. The Hall–Kier alpha value is -1.78. The minimum atomic E-state index is -0.260. The first-order valence-corrected chi connectivity index (χ1v) is 6.92. The number of anilines is 2. The summed E-state index contributed by atoms with van der Waals surface area (Å²) in [7, 11) is 1.73.